The van der Waals surface area contributed by atoms with Crippen LogP contribution in [0.25, 0.3) is 0 Å². The third-order valence-electron chi connectivity index (χ3n) is 3.30. The van der Waals surface area contributed by atoms with Crippen LogP contribution < -0.4 is 4.74 Å². The molecular formula is C14H16O4. The van der Waals surface area contributed by atoms with Gasteiger partial charge >= 0.3 is 0 Å². The first-order valence-corrected chi connectivity index (χ1v) is 6.34. The molecule has 0 amide bonds. The maximum absolute atomic E-state index is 12.2. The second kappa shape index (κ2) is 5.08. The zero-order valence-corrected chi connectivity index (χ0v) is 10.2. The van der Waals surface area contributed by atoms with Crippen molar-refractivity contribution in [3.63, 3.8) is 0 Å². The number of carbonyl (C=O) groups excluding carboxylic acids is 1. The van der Waals surface area contributed by atoms with E-state index < -0.39 is 6.10 Å². The average molecular weight is 248 g/mol. The van der Waals surface area contributed by atoms with Crippen molar-refractivity contribution in [3.05, 3.63) is 29.3 Å². The van der Waals surface area contributed by atoms with Gasteiger partial charge in [0.15, 0.2) is 5.78 Å². The fourth-order valence-corrected chi connectivity index (χ4v) is 2.34. The first-order chi connectivity index (χ1) is 8.84. The SMILES string of the molecule is O=C(c1ccc2c(c1)CCCO2)C1COCCO1. The number of Topliss-reactive ketones (excluding diaryl/α,β-unsaturated/α-hetero) is 1. The van der Waals surface area contributed by atoms with Gasteiger partial charge in [-0.25, -0.2) is 0 Å². The van der Waals surface area contributed by atoms with Gasteiger partial charge in [0, 0.05) is 5.56 Å². The van der Waals surface area contributed by atoms with E-state index in [0.717, 1.165) is 30.8 Å². The lowest BCUT2D eigenvalue weighted by Crippen LogP contribution is -2.35. The van der Waals surface area contributed by atoms with Crippen LogP contribution in [-0.4, -0.2) is 38.3 Å². The molecule has 0 spiro atoms. The van der Waals surface area contributed by atoms with Crippen molar-refractivity contribution in [1.29, 1.82) is 0 Å². The fraction of sp³-hybridized carbons (Fsp3) is 0.500. The van der Waals surface area contributed by atoms with E-state index in [-0.39, 0.29) is 5.78 Å². The lowest BCUT2D eigenvalue weighted by molar-refractivity contribution is -0.0719. The van der Waals surface area contributed by atoms with E-state index in [2.05, 4.69) is 0 Å². The number of ether oxygens (including phenoxy) is 3. The van der Waals surface area contributed by atoms with Crippen molar-refractivity contribution in [2.45, 2.75) is 18.9 Å². The number of rotatable bonds is 2. The summed E-state index contributed by atoms with van der Waals surface area (Å²) < 4.78 is 16.2. The summed E-state index contributed by atoms with van der Waals surface area (Å²) >= 11 is 0. The van der Waals surface area contributed by atoms with Gasteiger partial charge < -0.3 is 14.2 Å². The Labute approximate surface area is 106 Å². The van der Waals surface area contributed by atoms with Crippen LogP contribution in [-0.2, 0) is 15.9 Å². The second-order valence-electron chi connectivity index (χ2n) is 4.57. The Balaban J connectivity index is 1.80. The number of fused-ring (bicyclic) bond motifs is 1. The van der Waals surface area contributed by atoms with Crippen LogP contribution in [0.4, 0.5) is 0 Å². The minimum Gasteiger partial charge on any atom is -0.493 e. The molecule has 1 saturated heterocycles. The summed E-state index contributed by atoms with van der Waals surface area (Å²) in [5.41, 5.74) is 1.80. The van der Waals surface area contributed by atoms with Gasteiger partial charge in [-0.05, 0) is 36.6 Å². The molecule has 0 bridgehead atoms. The second-order valence-corrected chi connectivity index (χ2v) is 4.57. The molecule has 96 valence electrons. The fourth-order valence-electron chi connectivity index (χ4n) is 2.34. The Morgan fingerprint density at radius 1 is 1.22 bits per heavy atom. The molecule has 1 aromatic carbocycles. The van der Waals surface area contributed by atoms with Crippen LogP contribution >= 0.6 is 0 Å². The highest BCUT2D eigenvalue weighted by atomic mass is 16.6. The normalized spacial score (nSPS) is 23.0. The molecule has 2 heterocycles. The van der Waals surface area contributed by atoms with Gasteiger partial charge in [0.1, 0.15) is 11.9 Å². The molecular weight excluding hydrogens is 232 g/mol. The quantitative estimate of drug-likeness (QED) is 0.746. The number of ketones is 1. The van der Waals surface area contributed by atoms with Crippen LogP contribution in [0.15, 0.2) is 18.2 Å². The highest BCUT2D eigenvalue weighted by Crippen LogP contribution is 2.26. The predicted molar refractivity (Wildman–Crippen MR) is 65.1 cm³/mol. The Morgan fingerprint density at radius 3 is 3.00 bits per heavy atom. The minimum atomic E-state index is -0.457. The molecule has 0 saturated carbocycles. The van der Waals surface area contributed by atoms with Gasteiger partial charge in [0.25, 0.3) is 0 Å². The van der Waals surface area contributed by atoms with Crippen molar-refractivity contribution in [2.75, 3.05) is 26.4 Å². The number of carbonyl (C=O) groups is 1. The molecule has 3 rings (SSSR count). The van der Waals surface area contributed by atoms with Gasteiger partial charge in [-0.1, -0.05) is 0 Å². The number of hydrogen-bond donors (Lipinski definition) is 0. The predicted octanol–water partition coefficient (Wildman–Crippen LogP) is 1.61. The lowest BCUT2D eigenvalue weighted by Gasteiger charge is -2.23. The molecule has 2 aliphatic heterocycles. The highest BCUT2D eigenvalue weighted by molar-refractivity contribution is 6.00. The molecule has 4 nitrogen and oxygen atoms in total. The molecule has 18 heavy (non-hydrogen) atoms. The van der Waals surface area contributed by atoms with Crippen molar-refractivity contribution in [1.82, 2.24) is 0 Å². The molecule has 0 aromatic heterocycles. The Hall–Kier alpha value is -1.39. The van der Waals surface area contributed by atoms with E-state index in [0.29, 0.717) is 25.4 Å². The van der Waals surface area contributed by atoms with Gasteiger partial charge in [0.2, 0.25) is 0 Å². The molecule has 1 unspecified atom stereocenters. The molecule has 0 aliphatic carbocycles. The molecule has 0 N–H and O–H groups in total. The van der Waals surface area contributed by atoms with Gasteiger partial charge in [-0.3, -0.25) is 4.79 Å². The zero-order chi connectivity index (χ0) is 12.4. The van der Waals surface area contributed by atoms with Crippen LogP contribution in [0.2, 0.25) is 0 Å². The lowest BCUT2D eigenvalue weighted by atomic mass is 9.99. The number of benzene rings is 1. The molecule has 1 atom stereocenters. The minimum absolute atomic E-state index is 0.00285. The summed E-state index contributed by atoms with van der Waals surface area (Å²) in [4.78, 5) is 12.2. The number of hydrogen-bond acceptors (Lipinski definition) is 4. The summed E-state index contributed by atoms with van der Waals surface area (Å²) in [5.74, 6) is 0.904. The summed E-state index contributed by atoms with van der Waals surface area (Å²) in [6, 6.07) is 5.62. The van der Waals surface area contributed by atoms with Gasteiger partial charge in [-0.2, -0.15) is 0 Å². The Bertz CT molecular complexity index is 449. The molecule has 1 fully saturated rings. The standard InChI is InChI=1S/C14H16O4/c15-14(13-9-16-6-7-18-13)11-3-4-12-10(8-11)2-1-5-17-12/h3-4,8,13H,1-2,5-7,9H2. The first kappa shape index (κ1) is 11.7. The summed E-state index contributed by atoms with van der Waals surface area (Å²) in [6.45, 7) is 2.18. The molecule has 4 heteroatoms. The van der Waals surface area contributed by atoms with Crippen molar-refractivity contribution < 1.29 is 19.0 Å². The maximum Gasteiger partial charge on any atom is 0.193 e. The van der Waals surface area contributed by atoms with Gasteiger partial charge in [0.05, 0.1) is 26.4 Å². The monoisotopic (exact) mass is 248 g/mol. The van der Waals surface area contributed by atoms with E-state index in [1.165, 1.54) is 0 Å². The summed E-state index contributed by atoms with van der Waals surface area (Å²) in [6.07, 6.45) is 1.52. The van der Waals surface area contributed by atoms with E-state index in [1.54, 1.807) is 0 Å². The van der Waals surface area contributed by atoms with E-state index >= 15 is 0 Å². The van der Waals surface area contributed by atoms with Crippen molar-refractivity contribution >= 4 is 5.78 Å². The van der Waals surface area contributed by atoms with Crippen molar-refractivity contribution in [3.8, 4) is 5.75 Å². The third kappa shape index (κ3) is 2.26. The topological polar surface area (TPSA) is 44.8 Å². The molecule has 2 aliphatic rings. The van der Waals surface area contributed by atoms with E-state index in [4.69, 9.17) is 14.2 Å². The van der Waals surface area contributed by atoms with Crippen LogP contribution in [0, 0.1) is 0 Å². The average Bonchev–Trinajstić information content (AvgIpc) is 2.47. The maximum atomic E-state index is 12.2. The molecule has 0 radical (unpaired) electrons. The third-order valence-corrected chi connectivity index (χ3v) is 3.30. The van der Waals surface area contributed by atoms with Crippen LogP contribution in [0.5, 0.6) is 5.75 Å². The Kier molecular flexibility index (Phi) is 3.30. The van der Waals surface area contributed by atoms with E-state index in [1.807, 2.05) is 18.2 Å². The Morgan fingerprint density at radius 2 is 2.17 bits per heavy atom. The van der Waals surface area contributed by atoms with Crippen molar-refractivity contribution in [2.24, 2.45) is 0 Å². The first-order valence-electron chi connectivity index (χ1n) is 6.34. The highest BCUT2D eigenvalue weighted by Gasteiger charge is 2.24. The smallest absolute Gasteiger partial charge is 0.193 e. The summed E-state index contributed by atoms with van der Waals surface area (Å²) in [5, 5.41) is 0. The van der Waals surface area contributed by atoms with Gasteiger partial charge in [-0.15, -0.1) is 0 Å². The molecule has 1 aromatic rings. The van der Waals surface area contributed by atoms with E-state index in [9.17, 15) is 4.79 Å². The number of aryl methyl sites for hydroxylation is 1. The summed E-state index contributed by atoms with van der Waals surface area (Å²) in [7, 11) is 0. The van der Waals surface area contributed by atoms with Crippen LogP contribution in [0.1, 0.15) is 22.3 Å². The largest absolute Gasteiger partial charge is 0.493 e. The zero-order valence-electron chi connectivity index (χ0n) is 10.2. The van der Waals surface area contributed by atoms with Crippen LogP contribution in [0.3, 0.4) is 0 Å².